The Morgan fingerprint density at radius 2 is 2.39 bits per heavy atom. The molecule has 1 atom stereocenters. The number of hydrogen-bond donors (Lipinski definition) is 4. The van der Waals surface area contributed by atoms with Crippen LogP contribution >= 0.6 is 0 Å². The van der Waals surface area contributed by atoms with Gasteiger partial charge in [-0.3, -0.25) is 15.0 Å². The number of nitrogens with zero attached hydrogens (tertiary/aromatic N) is 2. The molecule has 96 valence electrons. The third-order valence-corrected chi connectivity index (χ3v) is 2.82. The second kappa shape index (κ2) is 4.91. The number of hydrogen-bond acceptors (Lipinski definition) is 4. The number of aromatic amines is 2. The number of nitrogens with one attached hydrogen (secondary N) is 3. The van der Waals surface area contributed by atoms with Crippen molar-refractivity contribution in [1.29, 1.82) is 0 Å². The molecule has 2 aromatic rings. The van der Waals surface area contributed by atoms with Crippen molar-refractivity contribution in [3.8, 4) is 0 Å². The van der Waals surface area contributed by atoms with Crippen LogP contribution in [-0.2, 0) is 6.42 Å². The van der Waals surface area contributed by atoms with Crippen LogP contribution in [0, 0.1) is 0 Å². The summed E-state index contributed by atoms with van der Waals surface area (Å²) < 4.78 is 0. The number of anilines is 1. The zero-order valence-corrected chi connectivity index (χ0v) is 10.3. The third kappa shape index (κ3) is 2.20. The molecule has 7 heteroatoms. The topological polar surface area (TPSA) is 112 Å². The summed E-state index contributed by atoms with van der Waals surface area (Å²) in [6.45, 7) is 3.81. The number of rotatable bonds is 4. The molecule has 0 bridgehead atoms. The van der Waals surface area contributed by atoms with Crippen molar-refractivity contribution in [2.45, 2.75) is 26.3 Å². The van der Waals surface area contributed by atoms with Crippen molar-refractivity contribution in [3.05, 3.63) is 29.3 Å². The lowest BCUT2D eigenvalue weighted by Crippen LogP contribution is -2.27. The molecule has 0 aromatic carbocycles. The summed E-state index contributed by atoms with van der Waals surface area (Å²) >= 11 is 0. The molecule has 0 fully saturated rings. The highest BCUT2D eigenvalue weighted by molar-refractivity contribution is 5.97. The fraction of sp³-hybridized carbons (Fsp3) is 0.364. The average Bonchev–Trinajstić information content (AvgIpc) is 2.97. The number of nitrogen functional groups attached to an aromatic ring is 1. The summed E-state index contributed by atoms with van der Waals surface area (Å²) in [5.74, 6) is -0.294. The van der Waals surface area contributed by atoms with Gasteiger partial charge in [0.05, 0.1) is 23.6 Å². The van der Waals surface area contributed by atoms with E-state index >= 15 is 0 Å². The number of amides is 1. The Labute approximate surface area is 104 Å². The summed E-state index contributed by atoms with van der Waals surface area (Å²) in [6, 6.07) is -0.155. The van der Waals surface area contributed by atoms with Gasteiger partial charge in [-0.2, -0.15) is 10.2 Å². The van der Waals surface area contributed by atoms with Crippen molar-refractivity contribution < 1.29 is 4.79 Å². The van der Waals surface area contributed by atoms with E-state index in [9.17, 15) is 4.79 Å². The first kappa shape index (κ1) is 12.2. The van der Waals surface area contributed by atoms with Crippen LogP contribution in [0.15, 0.2) is 12.4 Å². The number of carbonyl (C=O) groups excluding carboxylic acids is 1. The van der Waals surface area contributed by atoms with E-state index in [1.165, 1.54) is 0 Å². The summed E-state index contributed by atoms with van der Waals surface area (Å²) in [4.78, 5) is 12.0. The molecule has 18 heavy (non-hydrogen) atoms. The van der Waals surface area contributed by atoms with E-state index in [4.69, 9.17) is 5.73 Å². The van der Waals surface area contributed by atoms with Crippen LogP contribution in [0.4, 0.5) is 5.69 Å². The first-order chi connectivity index (χ1) is 8.63. The number of H-pyrrole nitrogens is 2. The quantitative estimate of drug-likeness (QED) is 0.640. The van der Waals surface area contributed by atoms with E-state index in [1.807, 2.05) is 13.8 Å². The molecule has 0 radical (unpaired) electrons. The molecule has 2 aromatic heterocycles. The van der Waals surface area contributed by atoms with E-state index < -0.39 is 0 Å². The Hall–Kier alpha value is -2.31. The second-order valence-electron chi connectivity index (χ2n) is 4.04. The Balaban J connectivity index is 2.10. The minimum Gasteiger partial charge on any atom is -0.395 e. The molecule has 7 nitrogen and oxygen atoms in total. The molecular formula is C11H16N6O. The minimum atomic E-state index is -0.294. The monoisotopic (exact) mass is 248 g/mol. The molecular weight excluding hydrogens is 232 g/mol. The van der Waals surface area contributed by atoms with E-state index in [0.717, 1.165) is 11.3 Å². The van der Waals surface area contributed by atoms with Crippen molar-refractivity contribution >= 4 is 11.6 Å². The lowest BCUT2D eigenvalue weighted by Gasteiger charge is -2.10. The molecule has 2 rings (SSSR count). The molecule has 1 unspecified atom stereocenters. The highest BCUT2D eigenvalue weighted by Crippen LogP contribution is 2.16. The molecule has 0 aliphatic carbocycles. The van der Waals surface area contributed by atoms with Crippen molar-refractivity contribution in [1.82, 2.24) is 25.7 Å². The van der Waals surface area contributed by atoms with Crippen LogP contribution in [0.2, 0.25) is 0 Å². The Morgan fingerprint density at radius 1 is 1.61 bits per heavy atom. The Kier molecular flexibility index (Phi) is 3.31. The van der Waals surface area contributed by atoms with Gasteiger partial charge in [0.15, 0.2) is 5.69 Å². The molecule has 2 heterocycles. The van der Waals surface area contributed by atoms with Crippen LogP contribution in [0.1, 0.15) is 41.6 Å². The van der Waals surface area contributed by atoms with Crippen molar-refractivity contribution in [3.63, 3.8) is 0 Å². The molecule has 0 aliphatic rings. The average molecular weight is 248 g/mol. The van der Waals surface area contributed by atoms with Gasteiger partial charge >= 0.3 is 0 Å². The second-order valence-corrected chi connectivity index (χ2v) is 4.04. The minimum absolute atomic E-state index is 0.155. The lowest BCUT2D eigenvalue weighted by atomic mass is 10.2. The zero-order valence-electron chi connectivity index (χ0n) is 10.3. The first-order valence-electron chi connectivity index (χ1n) is 5.75. The van der Waals surface area contributed by atoms with E-state index in [1.54, 1.807) is 12.4 Å². The largest absolute Gasteiger partial charge is 0.395 e. The molecule has 0 saturated carbocycles. The predicted octanol–water partition coefficient (Wildman–Crippen LogP) is 0.768. The number of carbonyl (C=O) groups is 1. The summed E-state index contributed by atoms with van der Waals surface area (Å²) in [6.07, 6.45) is 4.11. The van der Waals surface area contributed by atoms with Crippen LogP contribution in [-0.4, -0.2) is 26.3 Å². The summed E-state index contributed by atoms with van der Waals surface area (Å²) in [7, 11) is 0. The Bertz CT molecular complexity index is 530. The maximum Gasteiger partial charge on any atom is 0.274 e. The summed E-state index contributed by atoms with van der Waals surface area (Å²) in [5.41, 5.74) is 8.16. The smallest absolute Gasteiger partial charge is 0.274 e. The molecule has 0 saturated heterocycles. The summed E-state index contributed by atoms with van der Waals surface area (Å²) in [5, 5.41) is 16.0. The number of aryl methyl sites for hydroxylation is 1. The van der Waals surface area contributed by atoms with Gasteiger partial charge in [-0.1, -0.05) is 6.92 Å². The molecule has 0 spiro atoms. The SMILES string of the molecule is CCc1[nH]nc(C(=O)NC(C)c2cn[nH]c2)c1N. The van der Waals surface area contributed by atoms with Gasteiger partial charge in [0, 0.05) is 11.8 Å². The maximum absolute atomic E-state index is 12.0. The van der Waals surface area contributed by atoms with Crippen LogP contribution < -0.4 is 11.1 Å². The van der Waals surface area contributed by atoms with Crippen molar-refractivity contribution in [2.24, 2.45) is 0 Å². The highest BCUT2D eigenvalue weighted by Gasteiger charge is 2.18. The highest BCUT2D eigenvalue weighted by atomic mass is 16.2. The van der Waals surface area contributed by atoms with E-state index in [-0.39, 0.29) is 17.6 Å². The number of nitrogens with two attached hydrogens (primary N) is 1. The molecule has 5 N–H and O–H groups in total. The fourth-order valence-corrected chi connectivity index (χ4v) is 1.68. The van der Waals surface area contributed by atoms with Crippen LogP contribution in [0.3, 0.4) is 0 Å². The first-order valence-corrected chi connectivity index (χ1v) is 5.75. The maximum atomic E-state index is 12.0. The van der Waals surface area contributed by atoms with E-state index in [0.29, 0.717) is 12.1 Å². The van der Waals surface area contributed by atoms with Gasteiger partial charge in [0.2, 0.25) is 0 Å². The lowest BCUT2D eigenvalue weighted by molar-refractivity contribution is 0.0935. The van der Waals surface area contributed by atoms with Gasteiger partial charge in [-0.25, -0.2) is 0 Å². The van der Waals surface area contributed by atoms with Gasteiger partial charge < -0.3 is 11.1 Å². The number of aromatic nitrogens is 4. The Morgan fingerprint density at radius 3 is 2.94 bits per heavy atom. The van der Waals surface area contributed by atoms with Crippen LogP contribution in [0.5, 0.6) is 0 Å². The van der Waals surface area contributed by atoms with Gasteiger partial charge in [0.25, 0.3) is 5.91 Å². The predicted molar refractivity (Wildman–Crippen MR) is 66.8 cm³/mol. The van der Waals surface area contributed by atoms with Gasteiger partial charge in [-0.15, -0.1) is 0 Å². The van der Waals surface area contributed by atoms with Gasteiger partial charge in [-0.05, 0) is 13.3 Å². The van der Waals surface area contributed by atoms with Gasteiger partial charge in [0.1, 0.15) is 0 Å². The zero-order chi connectivity index (χ0) is 13.1. The van der Waals surface area contributed by atoms with Crippen molar-refractivity contribution in [2.75, 3.05) is 5.73 Å². The van der Waals surface area contributed by atoms with Crippen LogP contribution in [0.25, 0.3) is 0 Å². The fourth-order valence-electron chi connectivity index (χ4n) is 1.68. The molecule has 1 amide bonds. The standard InChI is InChI=1S/C11H16N6O/c1-3-8-9(12)10(17-16-8)11(18)15-6(2)7-4-13-14-5-7/h4-6H,3,12H2,1-2H3,(H,13,14)(H,15,18)(H,16,17). The van der Waals surface area contributed by atoms with E-state index in [2.05, 4.69) is 25.7 Å². The third-order valence-electron chi connectivity index (χ3n) is 2.82. The normalized spacial score (nSPS) is 12.3. The molecule has 0 aliphatic heterocycles.